The molecule has 1 fully saturated rings. The summed E-state index contributed by atoms with van der Waals surface area (Å²) in [5.74, 6) is 0.984. The summed E-state index contributed by atoms with van der Waals surface area (Å²) < 4.78 is 22.5. The van der Waals surface area contributed by atoms with Gasteiger partial charge in [0, 0.05) is 24.9 Å². The van der Waals surface area contributed by atoms with Crippen LogP contribution in [0.5, 0.6) is 0 Å². The van der Waals surface area contributed by atoms with E-state index in [9.17, 15) is 8.42 Å². The quantitative estimate of drug-likeness (QED) is 0.485. The summed E-state index contributed by atoms with van der Waals surface area (Å²) in [6.07, 6.45) is 5.56. The smallest absolute Gasteiger partial charge is 0.191 e. The Labute approximate surface area is 142 Å². The Kier molecular flexibility index (Phi) is 8.91. The lowest BCUT2D eigenvalue weighted by Gasteiger charge is -2.25. The number of guanidine groups is 1. The molecule has 2 N–H and O–H groups in total. The number of sulfone groups is 1. The third kappa shape index (κ3) is 8.55. The molecule has 0 amide bonds. The van der Waals surface area contributed by atoms with Crippen molar-refractivity contribution in [3.63, 3.8) is 0 Å². The summed E-state index contributed by atoms with van der Waals surface area (Å²) in [6.45, 7) is 10.2. The van der Waals surface area contributed by atoms with Crippen LogP contribution in [0.25, 0.3) is 0 Å². The van der Waals surface area contributed by atoms with Crippen LogP contribution in [0, 0.1) is 0 Å². The highest BCUT2D eigenvalue weighted by molar-refractivity contribution is 7.90. The van der Waals surface area contributed by atoms with E-state index in [0.717, 1.165) is 25.5 Å². The summed E-state index contributed by atoms with van der Waals surface area (Å²) in [6, 6.07) is 0.577. The second-order valence-corrected chi connectivity index (χ2v) is 8.75. The standard InChI is InChI=1S/C16H34N4O2S/c1-5-15(20-10-7-8-11-20)13-18-16(17-6-2)19-14(3)9-12-23(4,21)22/h14-15H,5-13H2,1-4H3,(H2,17,18,19). The highest BCUT2D eigenvalue weighted by atomic mass is 32.2. The van der Waals surface area contributed by atoms with Gasteiger partial charge in [-0.2, -0.15) is 0 Å². The van der Waals surface area contributed by atoms with Gasteiger partial charge in [0.05, 0.1) is 12.3 Å². The van der Waals surface area contributed by atoms with E-state index in [4.69, 9.17) is 4.99 Å². The predicted octanol–water partition coefficient (Wildman–Crippen LogP) is 1.24. The van der Waals surface area contributed by atoms with Crippen LogP contribution >= 0.6 is 0 Å². The first kappa shape index (κ1) is 20.2. The molecule has 0 aromatic rings. The molecule has 0 saturated carbocycles. The molecule has 1 aliphatic rings. The third-order valence-electron chi connectivity index (χ3n) is 4.24. The maximum absolute atomic E-state index is 11.3. The zero-order valence-corrected chi connectivity index (χ0v) is 16.0. The highest BCUT2D eigenvalue weighted by Crippen LogP contribution is 2.14. The van der Waals surface area contributed by atoms with Crippen LogP contribution < -0.4 is 10.6 Å². The van der Waals surface area contributed by atoms with E-state index in [1.807, 2.05) is 13.8 Å². The molecule has 1 rings (SSSR count). The maximum Gasteiger partial charge on any atom is 0.191 e. The van der Waals surface area contributed by atoms with Crippen LogP contribution in [-0.4, -0.2) is 69.5 Å². The number of aliphatic imine (C=N–C) groups is 1. The number of likely N-dealkylation sites (tertiary alicyclic amines) is 1. The highest BCUT2D eigenvalue weighted by Gasteiger charge is 2.20. The molecule has 0 spiro atoms. The van der Waals surface area contributed by atoms with Gasteiger partial charge in [0.1, 0.15) is 9.84 Å². The summed E-state index contributed by atoms with van der Waals surface area (Å²) >= 11 is 0. The fourth-order valence-corrected chi connectivity index (χ4v) is 3.60. The molecule has 0 aromatic carbocycles. The Morgan fingerprint density at radius 3 is 2.43 bits per heavy atom. The molecule has 0 aromatic heterocycles. The van der Waals surface area contributed by atoms with Crippen molar-refractivity contribution in [2.75, 3.05) is 38.2 Å². The Hall–Kier alpha value is -0.820. The van der Waals surface area contributed by atoms with Gasteiger partial charge in [-0.15, -0.1) is 0 Å². The normalized spacial score (nSPS) is 19.6. The van der Waals surface area contributed by atoms with E-state index < -0.39 is 9.84 Å². The van der Waals surface area contributed by atoms with Crippen LogP contribution in [0.4, 0.5) is 0 Å². The SMILES string of the molecule is CCNC(=NCC(CC)N1CCCC1)NC(C)CCS(C)(=O)=O. The monoisotopic (exact) mass is 346 g/mol. The van der Waals surface area contributed by atoms with E-state index in [0.29, 0.717) is 12.5 Å². The molecule has 136 valence electrons. The predicted molar refractivity (Wildman–Crippen MR) is 97.8 cm³/mol. The fourth-order valence-electron chi connectivity index (χ4n) is 2.82. The molecule has 2 atom stereocenters. The number of nitrogens with one attached hydrogen (secondary N) is 2. The van der Waals surface area contributed by atoms with Crippen molar-refractivity contribution < 1.29 is 8.42 Å². The van der Waals surface area contributed by atoms with Gasteiger partial charge in [0.25, 0.3) is 0 Å². The molecule has 1 saturated heterocycles. The lowest BCUT2D eigenvalue weighted by Crippen LogP contribution is -2.44. The molecule has 23 heavy (non-hydrogen) atoms. The van der Waals surface area contributed by atoms with Gasteiger partial charge in [-0.3, -0.25) is 9.89 Å². The van der Waals surface area contributed by atoms with E-state index in [1.54, 1.807) is 0 Å². The second kappa shape index (κ2) is 10.1. The molecular weight excluding hydrogens is 312 g/mol. The number of hydrogen-bond acceptors (Lipinski definition) is 4. The zero-order valence-electron chi connectivity index (χ0n) is 15.1. The molecule has 1 aliphatic heterocycles. The average molecular weight is 347 g/mol. The molecule has 0 aliphatic carbocycles. The minimum absolute atomic E-state index is 0.0781. The fraction of sp³-hybridized carbons (Fsp3) is 0.938. The Morgan fingerprint density at radius 2 is 1.91 bits per heavy atom. The molecule has 1 heterocycles. The van der Waals surface area contributed by atoms with Crippen LogP contribution in [0.2, 0.25) is 0 Å². The average Bonchev–Trinajstić information content (AvgIpc) is 2.99. The largest absolute Gasteiger partial charge is 0.357 e. The van der Waals surface area contributed by atoms with Gasteiger partial charge >= 0.3 is 0 Å². The lowest BCUT2D eigenvalue weighted by molar-refractivity contribution is 0.242. The van der Waals surface area contributed by atoms with Crippen molar-refractivity contribution >= 4 is 15.8 Å². The van der Waals surface area contributed by atoms with Crippen LogP contribution in [0.1, 0.15) is 46.5 Å². The summed E-state index contributed by atoms with van der Waals surface area (Å²) in [4.78, 5) is 7.24. The summed E-state index contributed by atoms with van der Waals surface area (Å²) in [5.41, 5.74) is 0. The van der Waals surface area contributed by atoms with Gasteiger partial charge in [-0.1, -0.05) is 6.92 Å². The minimum atomic E-state index is -2.91. The Morgan fingerprint density at radius 1 is 1.26 bits per heavy atom. The molecule has 0 radical (unpaired) electrons. The van der Waals surface area contributed by atoms with Crippen molar-refractivity contribution in [1.29, 1.82) is 0 Å². The second-order valence-electron chi connectivity index (χ2n) is 6.49. The van der Waals surface area contributed by atoms with Crippen molar-refractivity contribution in [3.8, 4) is 0 Å². The van der Waals surface area contributed by atoms with Crippen LogP contribution in [-0.2, 0) is 9.84 Å². The molecule has 2 unspecified atom stereocenters. The summed E-state index contributed by atoms with van der Waals surface area (Å²) in [7, 11) is -2.91. The molecular formula is C16H34N4O2S. The topological polar surface area (TPSA) is 73.8 Å². The molecule has 6 nitrogen and oxygen atoms in total. The lowest BCUT2D eigenvalue weighted by atomic mass is 10.2. The third-order valence-corrected chi connectivity index (χ3v) is 5.21. The van der Waals surface area contributed by atoms with Gasteiger partial charge in [-0.05, 0) is 52.6 Å². The first-order valence-electron chi connectivity index (χ1n) is 8.82. The van der Waals surface area contributed by atoms with Gasteiger partial charge in [0.15, 0.2) is 5.96 Å². The number of rotatable bonds is 9. The maximum atomic E-state index is 11.3. The number of nitrogens with zero attached hydrogens (tertiary/aromatic N) is 2. The van der Waals surface area contributed by atoms with Gasteiger partial charge in [0.2, 0.25) is 0 Å². The van der Waals surface area contributed by atoms with E-state index >= 15 is 0 Å². The van der Waals surface area contributed by atoms with E-state index in [1.165, 1.54) is 32.2 Å². The Balaban J connectivity index is 2.53. The Bertz CT molecular complexity index is 459. The van der Waals surface area contributed by atoms with Crippen molar-refractivity contribution in [1.82, 2.24) is 15.5 Å². The zero-order chi connectivity index (χ0) is 17.3. The first-order valence-corrected chi connectivity index (χ1v) is 10.9. The van der Waals surface area contributed by atoms with Crippen LogP contribution in [0.15, 0.2) is 4.99 Å². The van der Waals surface area contributed by atoms with Crippen molar-refractivity contribution in [3.05, 3.63) is 0 Å². The van der Waals surface area contributed by atoms with Gasteiger partial charge < -0.3 is 10.6 Å². The number of hydrogen-bond donors (Lipinski definition) is 2. The van der Waals surface area contributed by atoms with Gasteiger partial charge in [-0.25, -0.2) is 8.42 Å². The van der Waals surface area contributed by atoms with Crippen LogP contribution in [0.3, 0.4) is 0 Å². The molecule has 7 heteroatoms. The molecule has 0 bridgehead atoms. The van der Waals surface area contributed by atoms with E-state index in [2.05, 4.69) is 22.5 Å². The van der Waals surface area contributed by atoms with Crippen molar-refractivity contribution in [2.24, 2.45) is 4.99 Å². The first-order chi connectivity index (χ1) is 10.9. The summed E-state index contributed by atoms with van der Waals surface area (Å²) in [5, 5.41) is 6.57. The minimum Gasteiger partial charge on any atom is -0.357 e. The van der Waals surface area contributed by atoms with E-state index in [-0.39, 0.29) is 11.8 Å². The van der Waals surface area contributed by atoms with Crippen molar-refractivity contribution in [2.45, 2.75) is 58.5 Å².